The van der Waals surface area contributed by atoms with E-state index in [0.29, 0.717) is 18.6 Å². The summed E-state index contributed by atoms with van der Waals surface area (Å²) in [6, 6.07) is 49.3. The number of fused-ring (bicyclic) bond motifs is 6. The Morgan fingerprint density at radius 3 is 1.38 bits per heavy atom. The van der Waals surface area contributed by atoms with Crippen molar-refractivity contribution < 1.29 is 29.9 Å². The van der Waals surface area contributed by atoms with Crippen molar-refractivity contribution in [1.29, 1.82) is 0 Å². The number of benzene rings is 8. The van der Waals surface area contributed by atoms with Gasteiger partial charge in [-0.2, -0.15) is 0 Å². The Bertz CT molecular complexity index is 3140. The van der Waals surface area contributed by atoms with E-state index in [-0.39, 0.29) is 23.3 Å². The quantitative estimate of drug-likeness (QED) is 0.127. The van der Waals surface area contributed by atoms with Crippen LogP contribution in [0.15, 0.2) is 146 Å². The number of aliphatic hydroxyl groups excluding tert-OH is 2. The zero-order valence-corrected chi connectivity index (χ0v) is 37.4. The van der Waals surface area contributed by atoms with Crippen molar-refractivity contribution in [2.75, 3.05) is 0 Å². The number of phenolic OH excluding ortho intramolecular Hbond substituents is 2. The number of rotatable bonds is 7. The van der Waals surface area contributed by atoms with E-state index >= 15 is 0 Å². The van der Waals surface area contributed by atoms with Crippen molar-refractivity contribution in [2.45, 2.75) is 112 Å². The number of ether oxygens (including phenoxy) is 2. The molecule has 8 atom stereocenters. The van der Waals surface area contributed by atoms with Crippen LogP contribution in [0.25, 0.3) is 54.2 Å². The first-order valence-corrected chi connectivity index (χ1v) is 24.5. The third-order valence-corrected chi connectivity index (χ3v) is 16.7. The molecule has 4 aliphatic rings. The molecule has 0 amide bonds. The summed E-state index contributed by atoms with van der Waals surface area (Å²) in [5.41, 5.74) is 1.66. The van der Waals surface area contributed by atoms with Gasteiger partial charge in [-0.25, -0.2) is 0 Å². The number of hydrogen-bond donors (Lipinski definition) is 4. The van der Waals surface area contributed by atoms with Crippen LogP contribution < -0.4 is 9.47 Å². The summed E-state index contributed by atoms with van der Waals surface area (Å²) in [7, 11) is 0. The Morgan fingerprint density at radius 2 is 0.803 bits per heavy atom. The molecule has 0 spiro atoms. The van der Waals surface area contributed by atoms with E-state index in [2.05, 4.69) is 97.1 Å². The van der Waals surface area contributed by atoms with Crippen molar-refractivity contribution in [1.82, 2.24) is 0 Å². The minimum absolute atomic E-state index is 0.143. The highest BCUT2D eigenvalue weighted by atomic mass is 16.5. The highest BCUT2D eigenvalue weighted by Gasteiger charge is 2.59. The molecule has 8 aromatic carbocycles. The summed E-state index contributed by atoms with van der Waals surface area (Å²) in [6.45, 7) is 0. The van der Waals surface area contributed by atoms with Crippen molar-refractivity contribution in [3.63, 3.8) is 0 Å². The SMILES string of the molecule is Oc1ccc2ccccc2c1-c1c(OC23CCCCC2CCC(O)C3c2c(OC34CCCCC3CCC(O)C4c3c(O)ccc4ccccc34)ccc3ccccc23)ccc2ccccc12. The van der Waals surface area contributed by atoms with Gasteiger partial charge in [0.25, 0.3) is 0 Å². The number of hydrogen-bond acceptors (Lipinski definition) is 6. The molecule has 0 heterocycles. The Morgan fingerprint density at radius 1 is 0.379 bits per heavy atom. The molecule has 0 aliphatic heterocycles. The van der Waals surface area contributed by atoms with Gasteiger partial charge in [-0.05, 0) is 143 Å². The fourth-order valence-electron chi connectivity index (χ4n) is 13.9. The predicted molar refractivity (Wildman–Crippen MR) is 265 cm³/mol. The molecule has 4 fully saturated rings. The lowest BCUT2D eigenvalue weighted by Crippen LogP contribution is -2.58. The monoisotopic (exact) mass is 874 g/mol. The van der Waals surface area contributed by atoms with Gasteiger partial charge in [0, 0.05) is 22.3 Å². The molecule has 0 bridgehead atoms. The minimum Gasteiger partial charge on any atom is -0.508 e. The Kier molecular flexibility index (Phi) is 10.3. The Labute approximate surface area is 386 Å². The minimum atomic E-state index is -0.835. The average molecular weight is 875 g/mol. The molecule has 4 N–H and O–H groups in total. The molecular weight excluding hydrogens is 817 g/mol. The summed E-state index contributed by atoms with van der Waals surface area (Å²) in [4.78, 5) is 0. The zero-order valence-electron chi connectivity index (χ0n) is 37.4. The third kappa shape index (κ3) is 6.50. The Balaban J connectivity index is 1.08. The lowest BCUT2D eigenvalue weighted by Gasteiger charge is -2.56. The molecular formula is C60H58O6. The van der Waals surface area contributed by atoms with E-state index in [9.17, 15) is 20.4 Å². The smallest absolute Gasteiger partial charge is 0.128 e. The van der Waals surface area contributed by atoms with Gasteiger partial charge in [0.2, 0.25) is 0 Å². The molecule has 6 heteroatoms. The highest BCUT2D eigenvalue weighted by molar-refractivity contribution is 6.09. The maximum atomic E-state index is 12.9. The second-order valence-corrected chi connectivity index (χ2v) is 20.0. The molecule has 0 radical (unpaired) electrons. The molecule has 334 valence electrons. The average Bonchev–Trinajstić information content (AvgIpc) is 3.35. The van der Waals surface area contributed by atoms with Gasteiger partial charge in [-0.1, -0.05) is 134 Å². The molecule has 8 aromatic rings. The topological polar surface area (TPSA) is 99.4 Å². The fraction of sp³-hybridized carbons (Fsp3) is 0.333. The molecule has 4 saturated carbocycles. The van der Waals surface area contributed by atoms with Crippen molar-refractivity contribution in [3.05, 3.63) is 157 Å². The zero-order chi connectivity index (χ0) is 44.6. The predicted octanol–water partition coefficient (Wildman–Crippen LogP) is 13.9. The maximum Gasteiger partial charge on any atom is 0.128 e. The van der Waals surface area contributed by atoms with Crippen LogP contribution in [0.3, 0.4) is 0 Å². The first-order chi connectivity index (χ1) is 32.3. The fourth-order valence-corrected chi connectivity index (χ4v) is 13.9. The molecule has 0 aromatic heterocycles. The summed E-state index contributed by atoms with van der Waals surface area (Å²) in [5.74, 6) is 1.13. The van der Waals surface area contributed by atoms with E-state index in [1.165, 1.54) is 0 Å². The van der Waals surface area contributed by atoms with Gasteiger partial charge in [0.05, 0.1) is 24.0 Å². The molecule has 66 heavy (non-hydrogen) atoms. The van der Waals surface area contributed by atoms with Gasteiger partial charge in [-0.15, -0.1) is 0 Å². The number of aromatic hydroxyl groups is 2. The van der Waals surface area contributed by atoms with Crippen LogP contribution in [0, 0.1) is 11.8 Å². The third-order valence-electron chi connectivity index (χ3n) is 16.7. The van der Waals surface area contributed by atoms with Crippen molar-refractivity contribution in [2.24, 2.45) is 11.8 Å². The van der Waals surface area contributed by atoms with Gasteiger partial charge in [0.1, 0.15) is 34.2 Å². The van der Waals surface area contributed by atoms with Crippen molar-refractivity contribution >= 4 is 43.1 Å². The van der Waals surface area contributed by atoms with E-state index in [4.69, 9.17) is 9.47 Å². The van der Waals surface area contributed by atoms with E-state index in [1.807, 2.05) is 36.4 Å². The molecule has 4 aliphatic carbocycles. The summed E-state index contributed by atoms with van der Waals surface area (Å²) in [5, 5.41) is 57.2. The normalized spacial score (nSPS) is 27.7. The Hall–Kier alpha value is -6.08. The van der Waals surface area contributed by atoms with Crippen LogP contribution in [0.4, 0.5) is 0 Å². The van der Waals surface area contributed by atoms with E-state index < -0.39 is 35.2 Å². The van der Waals surface area contributed by atoms with Gasteiger partial charge < -0.3 is 29.9 Å². The lowest BCUT2D eigenvalue weighted by atomic mass is 9.57. The van der Waals surface area contributed by atoms with Crippen LogP contribution in [-0.2, 0) is 0 Å². The van der Waals surface area contributed by atoms with Crippen LogP contribution in [0.2, 0.25) is 0 Å². The highest BCUT2D eigenvalue weighted by Crippen LogP contribution is 2.61. The summed E-state index contributed by atoms with van der Waals surface area (Å²) < 4.78 is 15.9. The largest absolute Gasteiger partial charge is 0.508 e. The second-order valence-electron chi connectivity index (χ2n) is 20.0. The van der Waals surface area contributed by atoms with Crippen LogP contribution >= 0.6 is 0 Å². The number of phenols is 2. The van der Waals surface area contributed by atoms with Crippen LogP contribution in [-0.4, -0.2) is 43.8 Å². The maximum absolute atomic E-state index is 12.9. The van der Waals surface area contributed by atoms with E-state index in [1.54, 1.807) is 12.1 Å². The first kappa shape index (κ1) is 41.4. The van der Waals surface area contributed by atoms with E-state index in [0.717, 1.165) is 135 Å². The van der Waals surface area contributed by atoms with Gasteiger partial charge in [-0.3, -0.25) is 0 Å². The van der Waals surface area contributed by atoms with Crippen LogP contribution in [0.1, 0.15) is 100 Å². The molecule has 0 saturated heterocycles. The molecule has 8 unspecified atom stereocenters. The summed E-state index contributed by atoms with van der Waals surface area (Å²) in [6.07, 6.45) is 8.98. The standard InChI is InChI=1S/C60H58O6/c61-47-29-23-37-13-1-5-19-43(37)53(47)55-45-21-7-3-15-39(45)25-33-51(55)65-60-36-12-10-18-42(60)28-32-50(64)58(60)56-46-22-8-4-16-40(46)26-34-52(56)66-59-35-11-9-17-41(59)27-31-49(63)57(59)54-44-20-6-2-14-38(44)24-30-48(54)62/h1-8,13-16,19-26,29-30,33-34,41-42,49-50,57-58,61-64H,9-12,17-18,27-28,31-32,35-36H2. The van der Waals surface area contributed by atoms with Crippen LogP contribution in [0.5, 0.6) is 23.0 Å². The lowest BCUT2D eigenvalue weighted by molar-refractivity contribution is -0.120. The van der Waals surface area contributed by atoms with Gasteiger partial charge >= 0.3 is 0 Å². The summed E-state index contributed by atoms with van der Waals surface area (Å²) >= 11 is 0. The molecule has 12 rings (SSSR count). The first-order valence-electron chi connectivity index (χ1n) is 24.5. The molecule has 6 nitrogen and oxygen atoms in total. The second kappa shape index (κ2) is 16.4. The number of aliphatic hydroxyl groups is 2. The van der Waals surface area contributed by atoms with Gasteiger partial charge in [0.15, 0.2) is 0 Å². The van der Waals surface area contributed by atoms with Crippen molar-refractivity contribution in [3.8, 4) is 34.1 Å².